The van der Waals surface area contributed by atoms with Crippen LogP contribution in [0.5, 0.6) is 5.75 Å². The molecule has 1 aliphatic rings. The van der Waals surface area contributed by atoms with Crippen molar-refractivity contribution in [3.05, 3.63) is 41.7 Å². The lowest BCUT2D eigenvalue weighted by Crippen LogP contribution is -2.47. The zero-order chi connectivity index (χ0) is 19.2. The van der Waals surface area contributed by atoms with Crippen LogP contribution in [0, 0.1) is 5.82 Å². The van der Waals surface area contributed by atoms with Gasteiger partial charge in [-0.05, 0) is 25.5 Å². The third kappa shape index (κ3) is 4.89. The zero-order valence-corrected chi connectivity index (χ0v) is 14.8. The number of benzene rings is 1. The average Bonchev–Trinajstić information content (AvgIpc) is 3.08. The third-order valence-electron chi connectivity index (χ3n) is 4.18. The lowest BCUT2D eigenvalue weighted by molar-refractivity contribution is -0.0506. The van der Waals surface area contributed by atoms with Gasteiger partial charge in [-0.25, -0.2) is 19.0 Å². The van der Waals surface area contributed by atoms with Crippen LogP contribution in [0.3, 0.4) is 0 Å². The fourth-order valence-corrected chi connectivity index (χ4v) is 2.93. The number of hydrogen-bond donors (Lipinski definition) is 2. The average molecular weight is 382 g/mol. The molecule has 0 fully saturated rings. The maximum atomic E-state index is 14.1. The van der Waals surface area contributed by atoms with Gasteiger partial charge in [0.2, 0.25) is 0 Å². The van der Waals surface area contributed by atoms with Crippen LogP contribution in [0.4, 0.5) is 13.2 Å². The maximum Gasteiger partial charge on any atom is 0.387 e. The first kappa shape index (κ1) is 19.0. The summed E-state index contributed by atoms with van der Waals surface area (Å²) in [7, 11) is 0. The minimum absolute atomic E-state index is 0.0165. The molecule has 2 heterocycles. The van der Waals surface area contributed by atoms with E-state index < -0.39 is 12.4 Å². The van der Waals surface area contributed by atoms with Gasteiger partial charge in [0.15, 0.2) is 5.96 Å². The molecule has 7 nitrogen and oxygen atoms in total. The monoisotopic (exact) mass is 382 g/mol. The van der Waals surface area contributed by atoms with Crippen LogP contribution in [-0.2, 0) is 19.5 Å². The number of guanidine groups is 1. The van der Waals surface area contributed by atoms with Gasteiger partial charge in [0.05, 0.1) is 18.7 Å². The van der Waals surface area contributed by atoms with Crippen molar-refractivity contribution in [3.8, 4) is 5.75 Å². The number of aromatic nitrogens is 3. The molecule has 0 saturated heterocycles. The summed E-state index contributed by atoms with van der Waals surface area (Å²) in [5.74, 6) is 0.555. The first-order chi connectivity index (χ1) is 13.1. The van der Waals surface area contributed by atoms with Crippen molar-refractivity contribution in [2.24, 2.45) is 4.99 Å². The molecule has 1 atom stereocenters. The second-order valence-electron chi connectivity index (χ2n) is 6.03. The van der Waals surface area contributed by atoms with Crippen molar-refractivity contribution in [3.63, 3.8) is 0 Å². The van der Waals surface area contributed by atoms with E-state index in [0.717, 1.165) is 18.7 Å². The van der Waals surface area contributed by atoms with Crippen LogP contribution >= 0.6 is 0 Å². The Kier molecular flexibility index (Phi) is 6.15. The van der Waals surface area contributed by atoms with Gasteiger partial charge in [-0.15, -0.1) is 0 Å². The van der Waals surface area contributed by atoms with E-state index in [1.165, 1.54) is 24.5 Å². The Bertz CT molecular complexity index is 795. The Hall–Kier alpha value is -2.78. The number of ether oxygens (including phenoxy) is 1. The minimum atomic E-state index is -3.03. The summed E-state index contributed by atoms with van der Waals surface area (Å²) in [6.45, 7) is -0.0165. The van der Waals surface area contributed by atoms with Crippen molar-refractivity contribution >= 4 is 5.96 Å². The Labute approximate surface area is 154 Å². The number of hydrogen-bond acceptors (Lipinski definition) is 4. The van der Waals surface area contributed by atoms with Gasteiger partial charge in [0.25, 0.3) is 0 Å². The Morgan fingerprint density at radius 1 is 1.44 bits per heavy atom. The molecule has 0 aliphatic carbocycles. The maximum absolute atomic E-state index is 14.1. The van der Waals surface area contributed by atoms with Crippen molar-refractivity contribution in [1.82, 2.24) is 25.4 Å². The summed E-state index contributed by atoms with van der Waals surface area (Å²) >= 11 is 0. The molecule has 0 spiro atoms. The third-order valence-corrected chi connectivity index (χ3v) is 4.18. The van der Waals surface area contributed by atoms with Crippen LogP contribution in [-0.4, -0.2) is 39.9 Å². The van der Waals surface area contributed by atoms with E-state index in [-0.39, 0.29) is 23.9 Å². The molecule has 3 rings (SSSR count). The molecule has 1 unspecified atom stereocenters. The number of halogens is 3. The number of aliphatic imine (C=N–C) groups is 1. The number of alkyl halides is 2. The predicted octanol–water partition coefficient (Wildman–Crippen LogP) is 2.09. The summed E-state index contributed by atoms with van der Waals surface area (Å²) in [5.41, 5.74) is -0.0165. The van der Waals surface area contributed by atoms with Gasteiger partial charge in [-0.2, -0.15) is 13.9 Å². The predicted molar refractivity (Wildman–Crippen MR) is 93.1 cm³/mol. The van der Waals surface area contributed by atoms with Crippen LogP contribution < -0.4 is 15.4 Å². The van der Waals surface area contributed by atoms with Crippen LogP contribution in [0.1, 0.15) is 24.7 Å². The van der Waals surface area contributed by atoms with E-state index in [2.05, 4.69) is 30.4 Å². The highest BCUT2D eigenvalue weighted by molar-refractivity contribution is 5.80. The van der Waals surface area contributed by atoms with E-state index in [9.17, 15) is 13.2 Å². The van der Waals surface area contributed by atoms with E-state index in [1.54, 1.807) is 0 Å². The topological polar surface area (TPSA) is 76.4 Å². The normalized spacial score (nSPS) is 16.9. The highest BCUT2D eigenvalue weighted by Crippen LogP contribution is 2.24. The van der Waals surface area contributed by atoms with Crippen molar-refractivity contribution < 1.29 is 17.9 Å². The van der Waals surface area contributed by atoms with Gasteiger partial charge >= 0.3 is 6.61 Å². The van der Waals surface area contributed by atoms with E-state index >= 15 is 0 Å². The molecular formula is C17H21F3N6O. The summed E-state index contributed by atoms with van der Waals surface area (Å²) in [6, 6.07) is 3.89. The number of nitrogens with zero attached hydrogens (tertiary/aromatic N) is 4. The largest absolute Gasteiger partial charge is 0.434 e. The first-order valence-electron chi connectivity index (χ1n) is 8.70. The molecule has 1 aromatic carbocycles. The molecule has 1 aromatic heterocycles. The molecule has 2 aromatic rings. The molecule has 0 radical (unpaired) electrons. The zero-order valence-electron chi connectivity index (χ0n) is 14.8. The minimum Gasteiger partial charge on any atom is -0.434 e. The quantitative estimate of drug-likeness (QED) is 0.591. The number of aryl methyl sites for hydroxylation is 1. The molecule has 2 N–H and O–H groups in total. The first-order valence-corrected chi connectivity index (χ1v) is 8.70. The molecule has 0 saturated carbocycles. The Balaban J connectivity index is 1.71. The number of rotatable bonds is 6. The van der Waals surface area contributed by atoms with Crippen molar-refractivity contribution in [1.29, 1.82) is 0 Å². The van der Waals surface area contributed by atoms with Crippen LogP contribution in [0.25, 0.3) is 0 Å². The molecule has 10 heteroatoms. The van der Waals surface area contributed by atoms with E-state index in [1.807, 2.05) is 11.6 Å². The highest BCUT2D eigenvalue weighted by Gasteiger charge is 2.21. The number of fused-ring (bicyclic) bond motifs is 1. The van der Waals surface area contributed by atoms with Crippen LogP contribution in [0.2, 0.25) is 0 Å². The van der Waals surface area contributed by atoms with Crippen LogP contribution in [0.15, 0.2) is 29.5 Å². The fraction of sp³-hybridized carbons (Fsp3) is 0.471. The Morgan fingerprint density at radius 3 is 3.07 bits per heavy atom. The second kappa shape index (κ2) is 8.74. The fourth-order valence-electron chi connectivity index (χ4n) is 2.93. The van der Waals surface area contributed by atoms with Crippen molar-refractivity contribution in [2.45, 2.75) is 45.5 Å². The standard InChI is InChI=1S/C17H21F3N6O/c1-2-21-17(25-11-6-7-15-23-10-24-26(15)9-11)22-8-12-13(18)4-3-5-14(12)27-16(19)20/h3-5,10-11,16H,2,6-9H2,1H3,(H2,21,22,25). The van der Waals surface area contributed by atoms with Gasteiger partial charge in [0, 0.05) is 19.0 Å². The van der Waals surface area contributed by atoms with Gasteiger partial charge in [0.1, 0.15) is 23.7 Å². The van der Waals surface area contributed by atoms with Gasteiger partial charge in [-0.1, -0.05) is 6.07 Å². The smallest absolute Gasteiger partial charge is 0.387 e. The molecule has 146 valence electrons. The lowest BCUT2D eigenvalue weighted by Gasteiger charge is -2.25. The number of nitrogens with one attached hydrogen (secondary N) is 2. The SMILES string of the molecule is CCNC(=NCc1c(F)cccc1OC(F)F)NC1CCc2ncnn2C1. The highest BCUT2D eigenvalue weighted by atomic mass is 19.3. The lowest BCUT2D eigenvalue weighted by atomic mass is 10.1. The molecule has 1 aliphatic heterocycles. The summed E-state index contributed by atoms with van der Waals surface area (Å²) < 4.78 is 45.4. The summed E-state index contributed by atoms with van der Waals surface area (Å²) in [4.78, 5) is 8.52. The Morgan fingerprint density at radius 2 is 2.30 bits per heavy atom. The molecule has 0 amide bonds. The van der Waals surface area contributed by atoms with E-state index in [0.29, 0.717) is 19.0 Å². The summed E-state index contributed by atoms with van der Waals surface area (Å²) in [5, 5.41) is 10.5. The molecular weight excluding hydrogens is 361 g/mol. The molecule has 27 heavy (non-hydrogen) atoms. The van der Waals surface area contributed by atoms with E-state index in [4.69, 9.17) is 0 Å². The van der Waals surface area contributed by atoms with Crippen molar-refractivity contribution in [2.75, 3.05) is 6.54 Å². The molecule has 0 bridgehead atoms. The van der Waals surface area contributed by atoms with Gasteiger partial charge in [-0.3, -0.25) is 0 Å². The second-order valence-corrected chi connectivity index (χ2v) is 6.03. The summed E-state index contributed by atoms with van der Waals surface area (Å²) in [6.07, 6.45) is 3.17. The van der Waals surface area contributed by atoms with Gasteiger partial charge < -0.3 is 15.4 Å².